The Kier molecular flexibility index (Phi) is 3.18. The van der Waals surface area contributed by atoms with E-state index in [4.69, 9.17) is 15.2 Å². The lowest BCUT2D eigenvalue weighted by Crippen LogP contribution is -2.34. The van der Waals surface area contributed by atoms with Crippen LogP contribution in [0.2, 0.25) is 0 Å². The molecule has 1 saturated heterocycles. The quantitative estimate of drug-likeness (QED) is 0.720. The van der Waals surface area contributed by atoms with Gasteiger partial charge in [-0.25, -0.2) is 4.98 Å². The molecule has 8 nitrogen and oxygen atoms in total. The second kappa shape index (κ2) is 4.98. The number of nitrogens with one attached hydrogen (secondary N) is 2. The molecule has 2 aromatic rings. The second-order valence-electron chi connectivity index (χ2n) is 4.31. The minimum Gasteiger partial charge on any atom is -0.376 e. The van der Waals surface area contributed by atoms with E-state index < -0.39 is 0 Å². The first kappa shape index (κ1) is 12.1. The van der Waals surface area contributed by atoms with Gasteiger partial charge in [-0.15, -0.1) is 0 Å². The van der Waals surface area contributed by atoms with Gasteiger partial charge < -0.3 is 25.5 Å². The summed E-state index contributed by atoms with van der Waals surface area (Å²) in [6.45, 7) is 3.77. The summed E-state index contributed by atoms with van der Waals surface area (Å²) in [7, 11) is 0. The van der Waals surface area contributed by atoms with Gasteiger partial charge in [-0.2, -0.15) is 9.97 Å². The summed E-state index contributed by atoms with van der Waals surface area (Å²) in [6, 6.07) is 0.0424. The van der Waals surface area contributed by atoms with E-state index in [2.05, 4.69) is 25.3 Å². The summed E-state index contributed by atoms with van der Waals surface area (Å²) in [4.78, 5) is 15.3. The lowest BCUT2D eigenvalue weighted by molar-refractivity contribution is 0.0478. The van der Waals surface area contributed by atoms with Crippen LogP contribution in [0.3, 0.4) is 0 Å². The topological polar surface area (TPSA) is 111 Å². The van der Waals surface area contributed by atoms with E-state index in [0.717, 1.165) is 5.52 Å². The van der Waals surface area contributed by atoms with Crippen LogP contribution in [0.4, 0.5) is 11.8 Å². The number of hydrogen-bond donors (Lipinski definition) is 3. The van der Waals surface area contributed by atoms with Crippen LogP contribution in [-0.4, -0.2) is 51.9 Å². The molecule has 0 spiro atoms. The molecule has 0 radical (unpaired) electrons. The van der Waals surface area contributed by atoms with Crippen molar-refractivity contribution in [1.82, 2.24) is 19.9 Å². The van der Waals surface area contributed by atoms with Crippen molar-refractivity contribution in [2.75, 3.05) is 30.9 Å². The molecule has 4 N–H and O–H groups in total. The van der Waals surface area contributed by atoms with Crippen LogP contribution in [0, 0.1) is 0 Å². The van der Waals surface area contributed by atoms with E-state index in [-0.39, 0.29) is 18.1 Å². The second-order valence-corrected chi connectivity index (χ2v) is 4.31. The number of imidazole rings is 1. The molecule has 0 bridgehead atoms. The van der Waals surface area contributed by atoms with E-state index in [1.807, 2.05) is 6.92 Å². The highest BCUT2D eigenvalue weighted by Crippen LogP contribution is 2.21. The molecule has 0 amide bonds. The fourth-order valence-corrected chi connectivity index (χ4v) is 2.18. The zero-order chi connectivity index (χ0) is 13.2. The van der Waals surface area contributed by atoms with Gasteiger partial charge in [0.1, 0.15) is 11.6 Å². The third-order valence-corrected chi connectivity index (χ3v) is 3.03. The summed E-state index contributed by atoms with van der Waals surface area (Å²) in [5, 5.41) is 3.29. The molecule has 2 atom stereocenters. The average molecular weight is 264 g/mol. The molecule has 3 rings (SSSR count). The van der Waals surface area contributed by atoms with Crippen LogP contribution in [0.5, 0.6) is 0 Å². The Labute approximate surface area is 109 Å². The fraction of sp³-hybridized carbons (Fsp3) is 0.545. The highest BCUT2D eigenvalue weighted by atomic mass is 16.5. The maximum Gasteiger partial charge on any atom is 0.224 e. The minimum absolute atomic E-state index is 0.0131. The number of nitrogens with zero attached hydrogens (tertiary/aromatic N) is 3. The van der Waals surface area contributed by atoms with Crippen LogP contribution in [-0.2, 0) is 9.47 Å². The SMILES string of the molecule is CCO[C@H]1COC[C@@H]1Nc1nc(N)nc2nc[nH]c12. The number of aromatic amines is 1. The van der Waals surface area contributed by atoms with Crippen molar-refractivity contribution < 1.29 is 9.47 Å². The molecule has 0 aromatic carbocycles. The molecule has 102 valence electrons. The van der Waals surface area contributed by atoms with Crippen LogP contribution in [0.1, 0.15) is 6.92 Å². The molecule has 2 aromatic heterocycles. The lowest BCUT2D eigenvalue weighted by Gasteiger charge is -2.19. The largest absolute Gasteiger partial charge is 0.376 e. The van der Waals surface area contributed by atoms with Crippen molar-refractivity contribution in [3.63, 3.8) is 0 Å². The van der Waals surface area contributed by atoms with E-state index >= 15 is 0 Å². The highest BCUT2D eigenvalue weighted by Gasteiger charge is 2.29. The summed E-state index contributed by atoms with van der Waals surface area (Å²) < 4.78 is 11.1. The molecular weight excluding hydrogens is 248 g/mol. The Morgan fingerprint density at radius 1 is 1.53 bits per heavy atom. The third kappa shape index (κ3) is 2.32. The molecule has 0 aliphatic carbocycles. The standard InChI is InChI=1S/C11H16N6O2/c1-2-19-7-4-18-3-6(7)15-10-8-9(14-5-13-8)16-11(12)17-10/h5-7H,2-4H2,1H3,(H4,12,13,14,15,16,17)/t6-,7-/m0/s1. The van der Waals surface area contributed by atoms with Gasteiger partial charge in [-0.1, -0.05) is 0 Å². The molecule has 0 unspecified atom stereocenters. The predicted molar refractivity (Wildman–Crippen MR) is 69.7 cm³/mol. The first-order valence-electron chi connectivity index (χ1n) is 6.20. The van der Waals surface area contributed by atoms with Crippen molar-refractivity contribution in [2.45, 2.75) is 19.1 Å². The van der Waals surface area contributed by atoms with Crippen LogP contribution < -0.4 is 11.1 Å². The lowest BCUT2D eigenvalue weighted by atomic mass is 10.2. The number of hydrogen-bond acceptors (Lipinski definition) is 7. The van der Waals surface area contributed by atoms with Crippen LogP contribution in [0.15, 0.2) is 6.33 Å². The summed E-state index contributed by atoms with van der Waals surface area (Å²) in [6.07, 6.45) is 1.58. The van der Waals surface area contributed by atoms with Gasteiger partial charge >= 0.3 is 0 Å². The zero-order valence-electron chi connectivity index (χ0n) is 10.6. The number of rotatable bonds is 4. The highest BCUT2D eigenvalue weighted by molar-refractivity contribution is 5.83. The molecule has 0 saturated carbocycles. The minimum atomic E-state index is 0.0131. The van der Waals surface area contributed by atoms with Gasteiger partial charge in [-0.3, -0.25) is 0 Å². The Morgan fingerprint density at radius 3 is 3.26 bits per heavy atom. The molecular formula is C11H16N6O2. The number of ether oxygens (including phenoxy) is 2. The van der Waals surface area contributed by atoms with Gasteiger partial charge in [0, 0.05) is 6.61 Å². The first-order valence-corrected chi connectivity index (χ1v) is 6.20. The van der Waals surface area contributed by atoms with Crippen molar-refractivity contribution in [3.05, 3.63) is 6.33 Å². The Hall–Kier alpha value is -1.93. The summed E-state index contributed by atoms with van der Waals surface area (Å²) in [5.41, 5.74) is 6.95. The van der Waals surface area contributed by atoms with Crippen molar-refractivity contribution >= 4 is 22.9 Å². The van der Waals surface area contributed by atoms with E-state index in [9.17, 15) is 0 Å². The number of aromatic nitrogens is 4. The first-order chi connectivity index (χ1) is 9.28. The van der Waals surface area contributed by atoms with Crippen molar-refractivity contribution in [2.24, 2.45) is 0 Å². The third-order valence-electron chi connectivity index (χ3n) is 3.03. The molecule has 1 fully saturated rings. The summed E-state index contributed by atoms with van der Waals surface area (Å²) in [5.74, 6) is 0.814. The maximum atomic E-state index is 5.67. The average Bonchev–Trinajstić information content (AvgIpc) is 2.99. The Bertz CT molecular complexity index is 571. The van der Waals surface area contributed by atoms with Gasteiger partial charge in [0.15, 0.2) is 11.5 Å². The fourth-order valence-electron chi connectivity index (χ4n) is 2.18. The molecule has 1 aliphatic heterocycles. The molecule has 19 heavy (non-hydrogen) atoms. The van der Waals surface area contributed by atoms with Crippen molar-refractivity contribution in [3.8, 4) is 0 Å². The van der Waals surface area contributed by atoms with Gasteiger partial charge in [0.05, 0.1) is 25.6 Å². The van der Waals surface area contributed by atoms with Gasteiger partial charge in [0.2, 0.25) is 5.95 Å². The number of H-pyrrole nitrogens is 1. The number of fused-ring (bicyclic) bond motifs is 1. The van der Waals surface area contributed by atoms with Gasteiger partial charge in [0.25, 0.3) is 0 Å². The predicted octanol–water partition coefficient (Wildman–Crippen LogP) is 0.151. The summed E-state index contributed by atoms with van der Waals surface area (Å²) >= 11 is 0. The number of nitrogen functional groups attached to an aromatic ring is 1. The maximum absolute atomic E-state index is 5.67. The van der Waals surface area contributed by atoms with E-state index in [1.165, 1.54) is 0 Å². The van der Waals surface area contributed by atoms with Crippen LogP contribution in [0.25, 0.3) is 11.2 Å². The number of nitrogens with two attached hydrogens (primary N) is 1. The van der Waals surface area contributed by atoms with E-state index in [0.29, 0.717) is 31.3 Å². The smallest absolute Gasteiger partial charge is 0.224 e. The Morgan fingerprint density at radius 2 is 2.42 bits per heavy atom. The number of anilines is 2. The zero-order valence-corrected chi connectivity index (χ0v) is 10.6. The molecule has 1 aliphatic rings. The van der Waals surface area contributed by atoms with Crippen molar-refractivity contribution in [1.29, 1.82) is 0 Å². The van der Waals surface area contributed by atoms with Gasteiger partial charge in [-0.05, 0) is 6.92 Å². The normalized spacial score (nSPS) is 23.0. The molecule has 3 heterocycles. The molecule has 8 heteroatoms. The Balaban J connectivity index is 1.86. The van der Waals surface area contributed by atoms with Crippen LogP contribution >= 0.6 is 0 Å². The monoisotopic (exact) mass is 264 g/mol. The van der Waals surface area contributed by atoms with E-state index in [1.54, 1.807) is 6.33 Å².